The van der Waals surface area contributed by atoms with Crippen molar-refractivity contribution in [3.63, 3.8) is 0 Å². The summed E-state index contributed by atoms with van der Waals surface area (Å²) in [6.45, 7) is 1.84. The number of nitrogens with one attached hydrogen (secondary N) is 1. The van der Waals surface area contributed by atoms with E-state index < -0.39 is 5.97 Å². The maximum absolute atomic E-state index is 11.6. The van der Waals surface area contributed by atoms with E-state index in [-0.39, 0.29) is 18.4 Å². The summed E-state index contributed by atoms with van der Waals surface area (Å²) in [5.74, 6) is -0.460. The van der Waals surface area contributed by atoms with Crippen molar-refractivity contribution in [3.8, 4) is 0 Å². The first-order valence-electron chi connectivity index (χ1n) is 5.93. The van der Waals surface area contributed by atoms with Crippen LogP contribution in [0.5, 0.6) is 0 Å². The van der Waals surface area contributed by atoms with E-state index in [1.807, 2.05) is 6.92 Å². The largest absolute Gasteiger partial charge is 0.481 e. The van der Waals surface area contributed by atoms with Gasteiger partial charge in [-0.3, -0.25) is 9.59 Å². The average molecular weight is 330 g/mol. The molecule has 0 saturated carbocycles. The van der Waals surface area contributed by atoms with Crippen LogP contribution < -0.4 is 5.32 Å². The lowest BCUT2D eigenvalue weighted by atomic mass is 10.1. The maximum Gasteiger partial charge on any atom is 0.303 e. The number of furan rings is 1. The zero-order valence-electron chi connectivity index (χ0n) is 10.6. The first kappa shape index (κ1) is 15.5. The molecule has 1 aromatic rings. The van der Waals surface area contributed by atoms with Gasteiger partial charge in [0.25, 0.3) is 0 Å². The number of rotatable bonds is 7. The number of hydrogen-bond acceptors (Lipinski definition) is 3. The van der Waals surface area contributed by atoms with Gasteiger partial charge in [-0.25, -0.2) is 0 Å². The summed E-state index contributed by atoms with van der Waals surface area (Å²) in [6.07, 6.45) is 4.27. The molecule has 1 aromatic heterocycles. The highest BCUT2D eigenvalue weighted by molar-refractivity contribution is 9.10. The van der Waals surface area contributed by atoms with Crippen LogP contribution >= 0.6 is 15.9 Å². The molecule has 1 amide bonds. The van der Waals surface area contributed by atoms with Gasteiger partial charge in [-0.2, -0.15) is 0 Å². The smallest absolute Gasteiger partial charge is 0.303 e. The molecule has 0 bridgehead atoms. The summed E-state index contributed by atoms with van der Waals surface area (Å²) in [6, 6.07) is 3.43. The Bertz CT molecular complexity index is 467. The third-order valence-electron chi connectivity index (χ3n) is 2.41. The number of halogens is 1. The van der Waals surface area contributed by atoms with Gasteiger partial charge in [-0.05, 0) is 53.9 Å². The molecule has 1 atom stereocenters. The van der Waals surface area contributed by atoms with Gasteiger partial charge in [0.15, 0.2) is 4.67 Å². The molecule has 0 spiro atoms. The Labute approximate surface area is 119 Å². The van der Waals surface area contributed by atoms with Crippen molar-refractivity contribution in [2.24, 2.45) is 0 Å². The summed E-state index contributed by atoms with van der Waals surface area (Å²) >= 11 is 3.17. The van der Waals surface area contributed by atoms with Crippen molar-refractivity contribution in [1.29, 1.82) is 0 Å². The molecule has 0 aliphatic carbocycles. The van der Waals surface area contributed by atoms with Crippen LogP contribution in [0.1, 0.15) is 31.9 Å². The van der Waals surface area contributed by atoms with E-state index in [4.69, 9.17) is 9.52 Å². The molecule has 1 unspecified atom stereocenters. The number of carbonyl (C=O) groups is 2. The molecule has 0 aromatic carbocycles. The van der Waals surface area contributed by atoms with Gasteiger partial charge in [-0.1, -0.05) is 0 Å². The van der Waals surface area contributed by atoms with E-state index in [1.54, 1.807) is 18.2 Å². The Kier molecular flexibility index (Phi) is 6.35. The molecule has 1 heterocycles. The minimum atomic E-state index is -0.818. The molecular formula is C13H16BrNO4. The van der Waals surface area contributed by atoms with Gasteiger partial charge in [0, 0.05) is 18.5 Å². The highest BCUT2D eigenvalue weighted by Gasteiger charge is 2.06. The van der Waals surface area contributed by atoms with Crippen molar-refractivity contribution in [2.45, 2.75) is 32.2 Å². The van der Waals surface area contributed by atoms with E-state index in [2.05, 4.69) is 21.2 Å². The van der Waals surface area contributed by atoms with Crippen LogP contribution in [0.4, 0.5) is 0 Å². The van der Waals surface area contributed by atoms with E-state index in [0.717, 1.165) is 0 Å². The summed E-state index contributed by atoms with van der Waals surface area (Å²) in [5, 5.41) is 11.3. The molecular weight excluding hydrogens is 314 g/mol. The van der Waals surface area contributed by atoms with Crippen LogP contribution in [0, 0.1) is 0 Å². The number of carboxylic acid groups (broad SMARTS) is 1. The Morgan fingerprint density at radius 1 is 1.53 bits per heavy atom. The van der Waals surface area contributed by atoms with Crippen molar-refractivity contribution in [1.82, 2.24) is 5.32 Å². The molecule has 2 N–H and O–H groups in total. The fourth-order valence-corrected chi connectivity index (χ4v) is 1.82. The number of amides is 1. The predicted molar refractivity (Wildman–Crippen MR) is 74.5 cm³/mol. The van der Waals surface area contributed by atoms with Crippen molar-refractivity contribution >= 4 is 33.9 Å². The van der Waals surface area contributed by atoms with Crippen LogP contribution in [0.15, 0.2) is 27.3 Å². The van der Waals surface area contributed by atoms with Gasteiger partial charge in [0.1, 0.15) is 5.76 Å². The van der Waals surface area contributed by atoms with Gasteiger partial charge in [-0.15, -0.1) is 0 Å². The van der Waals surface area contributed by atoms with Gasteiger partial charge in [0.05, 0.1) is 0 Å². The fraction of sp³-hybridized carbons (Fsp3) is 0.385. The quantitative estimate of drug-likeness (QED) is 0.754. The summed E-state index contributed by atoms with van der Waals surface area (Å²) in [5.41, 5.74) is 0. The first-order chi connectivity index (χ1) is 8.97. The highest BCUT2D eigenvalue weighted by atomic mass is 79.9. The lowest BCUT2D eigenvalue weighted by Gasteiger charge is -2.11. The Morgan fingerprint density at radius 3 is 2.84 bits per heavy atom. The normalized spacial score (nSPS) is 12.5. The molecule has 0 fully saturated rings. The van der Waals surface area contributed by atoms with Crippen LogP contribution in [-0.4, -0.2) is 23.0 Å². The molecule has 0 radical (unpaired) electrons. The SMILES string of the molecule is CC(CCCC(=O)O)NC(=O)/C=C/c1ccc(Br)o1. The zero-order chi connectivity index (χ0) is 14.3. The van der Waals surface area contributed by atoms with E-state index in [1.165, 1.54) is 6.08 Å². The molecule has 0 aliphatic heterocycles. The maximum atomic E-state index is 11.6. The zero-order valence-corrected chi connectivity index (χ0v) is 12.1. The van der Waals surface area contributed by atoms with Crippen molar-refractivity contribution in [2.75, 3.05) is 0 Å². The fourth-order valence-electron chi connectivity index (χ4n) is 1.50. The standard InChI is InChI=1S/C13H16BrNO4/c1-9(3-2-4-13(17)18)15-12(16)8-6-10-5-7-11(14)19-10/h5-9H,2-4H2,1H3,(H,15,16)(H,17,18)/b8-6+. The Hall–Kier alpha value is -1.56. The van der Waals surface area contributed by atoms with Gasteiger partial charge in [0.2, 0.25) is 5.91 Å². The highest BCUT2D eigenvalue weighted by Crippen LogP contribution is 2.14. The van der Waals surface area contributed by atoms with E-state index >= 15 is 0 Å². The Balaban J connectivity index is 2.30. The second kappa shape index (κ2) is 7.78. The molecule has 0 saturated heterocycles. The summed E-state index contributed by atoms with van der Waals surface area (Å²) < 4.78 is 5.82. The van der Waals surface area contributed by atoms with Gasteiger partial charge < -0.3 is 14.8 Å². The molecule has 0 aliphatic rings. The molecule has 6 heteroatoms. The minimum absolute atomic E-state index is 0.0557. The van der Waals surface area contributed by atoms with E-state index in [0.29, 0.717) is 23.3 Å². The molecule has 104 valence electrons. The van der Waals surface area contributed by atoms with Crippen molar-refractivity contribution in [3.05, 3.63) is 28.6 Å². The van der Waals surface area contributed by atoms with Crippen LogP contribution in [0.25, 0.3) is 6.08 Å². The number of carbonyl (C=O) groups excluding carboxylic acids is 1. The third-order valence-corrected chi connectivity index (χ3v) is 2.84. The van der Waals surface area contributed by atoms with Crippen LogP contribution in [0.3, 0.4) is 0 Å². The minimum Gasteiger partial charge on any atom is -0.481 e. The Morgan fingerprint density at radius 2 is 2.26 bits per heavy atom. The van der Waals surface area contributed by atoms with Crippen LogP contribution in [-0.2, 0) is 9.59 Å². The van der Waals surface area contributed by atoms with Gasteiger partial charge >= 0.3 is 5.97 Å². The topological polar surface area (TPSA) is 79.5 Å². The van der Waals surface area contributed by atoms with Crippen molar-refractivity contribution < 1.29 is 19.1 Å². The predicted octanol–water partition coefficient (Wildman–Crippen LogP) is 2.81. The monoisotopic (exact) mass is 329 g/mol. The second-order valence-electron chi connectivity index (χ2n) is 4.17. The lowest BCUT2D eigenvalue weighted by Crippen LogP contribution is -2.31. The molecule has 19 heavy (non-hydrogen) atoms. The number of carboxylic acids is 1. The van der Waals surface area contributed by atoms with Crippen LogP contribution in [0.2, 0.25) is 0 Å². The average Bonchev–Trinajstić information content (AvgIpc) is 2.72. The lowest BCUT2D eigenvalue weighted by molar-refractivity contribution is -0.137. The molecule has 5 nitrogen and oxygen atoms in total. The second-order valence-corrected chi connectivity index (χ2v) is 4.95. The third kappa shape index (κ3) is 6.81. The van der Waals surface area contributed by atoms with E-state index in [9.17, 15) is 9.59 Å². The summed E-state index contributed by atoms with van der Waals surface area (Å²) in [7, 11) is 0. The number of aliphatic carboxylic acids is 1. The summed E-state index contributed by atoms with van der Waals surface area (Å²) in [4.78, 5) is 21.9. The molecule has 1 rings (SSSR count). The first-order valence-corrected chi connectivity index (χ1v) is 6.72. The number of hydrogen-bond donors (Lipinski definition) is 2.